The summed E-state index contributed by atoms with van der Waals surface area (Å²) in [4.78, 5) is 29.9. The number of carbonyl (C=O) groups excluding carboxylic acids is 1. The van der Waals surface area contributed by atoms with Gasteiger partial charge in [0.15, 0.2) is 5.16 Å². The zero-order chi connectivity index (χ0) is 19.4. The fourth-order valence-electron chi connectivity index (χ4n) is 2.71. The van der Waals surface area contributed by atoms with Crippen LogP contribution in [0.25, 0.3) is 10.9 Å². The molecule has 0 saturated carbocycles. The highest BCUT2D eigenvalue weighted by molar-refractivity contribution is 8.00. The number of amides is 1. The Morgan fingerprint density at radius 3 is 2.67 bits per heavy atom. The molecule has 0 aliphatic rings. The Morgan fingerprint density at radius 2 is 1.93 bits per heavy atom. The molecule has 0 fully saturated rings. The first kappa shape index (κ1) is 19.0. The van der Waals surface area contributed by atoms with Crippen LogP contribution in [-0.4, -0.2) is 27.8 Å². The molecule has 1 atom stereocenters. The topological polar surface area (TPSA) is 73.2 Å². The van der Waals surface area contributed by atoms with Gasteiger partial charge in [0.25, 0.3) is 5.56 Å². The van der Waals surface area contributed by atoms with Crippen LogP contribution in [0.15, 0.2) is 58.5 Å². The van der Waals surface area contributed by atoms with Gasteiger partial charge in [0, 0.05) is 6.54 Å². The van der Waals surface area contributed by atoms with Gasteiger partial charge in [-0.05, 0) is 38.1 Å². The van der Waals surface area contributed by atoms with Crippen LogP contribution in [0, 0.1) is 0 Å². The van der Waals surface area contributed by atoms with Crippen molar-refractivity contribution < 1.29 is 9.53 Å². The molecule has 6 nitrogen and oxygen atoms in total. The van der Waals surface area contributed by atoms with Crippen molar-refractivity contribution in [1.82, 2.24) is 9.55 Å². The van der Waals surface area contributed by atoms with Crippen LogP contribution in [-0.2, 0) is 11.3 Å². The summed E-state index contributed by atoms with van der Waals surface area (Å²) in [6.07, 6.45) is 0. The van der Waals surface area contributed by atoms with Gasteiger partial charge < -0.3 is 10.1 Å². The molecule has 1 unspecified atom stereocenters. The highest BCUT2D eigenvalue weighted by Gasteiger charge is 2.20. The van der Waals surface area contributed by atoms with E-state index in [1.54, 1.807) is 42.9 Å². The summed E-state index contributed by atoms with van der Waals surface area (Å²) < 4.78 is 6.86. The van der Waals surface area contributed by atoms with Gasteiger partial charge in [0.1, 0.15) is 5.75 Å². The maximum Gasteiger partial charge on any atom is 0.262 e. The normalized spacial score (nSPS) is 12.0. The van der Waals surface area contributed by atoms with Crippen LogP contribution < -0.4 is 15.6 Å². The van der Waals surface area contributed by atoms with E-state index < -0.39 is 5.25 Å². The molecule has 0 aliphatic carbocycles. The highest BCUT2D eigenvalue weighted by atomic mass is 32.2. The number of anilines is 1. The molecule has 0 bridgehead atoms. The van der Waals surface area contributed by atoms with Crippen molar-refractivity contribution in [3.63, 3.8) is 0 Å². The number of benzene rings is 2. The molecule has 140 valence electrons. The third kappa shape index (κ3) is 3.98. The smallest absolute Gasteiger partial charge is 0.262 e. The van der Waals surface area contributed by atoms with E-state index in [4.69, 9.17) is 4.74 Å². The quantitative estimate of drug-likeness (QED) is 0.521. The Labute approximate surface area is 161 Å². The minimum absolute atomic E-state index is 0.0945. The SMILES string of the molecule is CCn1c(SC(C)C(=O)Nc2ccccc2OC)nc2ccccc2c1=O. The molecule has 0 spiro atoms. The van der Waals surface area contributed by atoms with Crippen molar-refractivity contribution in [2.24, 2.45) is 0 Å². The number of aromatic nitrogens is 2. The minimum Gasteiger partial charge on any atom is -0.495 e. The molecule has 0 radical (unpaired) electrons. The van der Waals surface area contributed by atoms with Gasteiger partial charge in [-0.15, -0.1) is 0 Å². The number of thioether (sulfide) groups is 1. The summed E-state index contributed by atoms with van der Waals surface area (Å²) in [5, 5.41) is 3.54. The Bertz CT molecular complexity index is 1030. The minimum atomic E-state index is -0.444. The lowest BCUT2D eigenvalue weighted by Gasteiger charge is -2.16. The summed E-state index contributed by atoms with van der Waals surface area (Å²) in [5.41, 5.74) is 1.15. The molecule has 7 heteroatoms. The van der Waals surface area contributed by atoms with Crippen molar-refractivity contribution >= 4 is 34.3 Å². The number of nitrogens with zero attached hydrogens (tertiary/aromatic N) is 2. The second-order valence-corrected chi connectivity index (χ2v) is 7.22. The van der Waals surface area contributed by atoms with Crippen molar-refractivity contribution in [3.05, 3.63) is 58.9 Å². The monoisotopic (exact) mass is 383 g/mol. The number of carbonyl (C=O) groups is 1. The average Bonchev–Trinajstić information content (AvgIpc) is 2.68. The fourth-order valence-corrected chi connectivity index (χ4v) is 3.68. The summed E-state index contributed by atoms with van der Waals surface area (Å²) in [7, 11) is 1.56. The summed E-state index contributed by atoms with van der Waals surface area (Å²) in [6.45, 7) is 4.16. The summed E-state index contributed by atoms with van der Waals surface area (Å²) in [6, 6.07) is 14.5. The Kier molecular flexibility index (Phi) is 5.81. The molecule has 27 heavy (non-hydrogen) atoms. The van der Waals surface area contributed by atoms with Gasteiger partial charge in [-0.3, -0.25) is 14.2 Å². The summed E-state index contributed by atoms with van der Waals surface area (Å²) >= 11 is 1.26. The molecule has 3 rings (SSSR count). The second kappa shape index (κ2) is 8.26. The lowest BCUT2D eigenvalue weighted by Crippen LogP contribution is -2.26. The maximum atomic E-state index is 12.7. The predicted octanol–water partition coefficient (Wildman–Crippen LogP) is 3.54. The van der Waals surface area contributed by atoms with Crippen molar-refractivity contribution in [2.75, 3.05) is 12.4 Å². The van der Waals surface area contributed by atoms with Crippen molar-refractivity contribution in [3.8, 4) is 5.75 Å². The Morgan fingerprint density at radius 1 is 1.22 bits per heavy atom. The van der Waals surface area contributed by atoms with Gasteiger partial charge in [-0.1, -0.05) is 36.0 Å². The van der Waals surface area contributed by atoms with E-state index in [0.29, 0.717) is 34.0 Å². The molecule has 0 aliphatic heterocycles. The van der Waals surface area contributed by atoms with Crippen LogP contribution in [0.5, 0.6) is 5.75 Å². The van der Waals surface area contributed by atoms with E-state index in [1.165, 1.54) is 11.8 Å². The molecular weight excluding hydrogens is 362 g/mol. The zero-order valence-electron chi connectivity index (χ0n) is 15.4. The van der Waals surface area contributed by atoms with Gasteiger partial charge in [-0.25, -0.2) is 4.98 Å². The van der Waals surface area contributed by atoms with Gasteiger partial charge in [-0.2, -0.15) is 0 Å². The summed E-state index contributed by atoms with van der Waals surface area (Å²) in [5.74, 6) is 0.409. The first-order chi connectivity index (χ1) is 13.0. The van der Waals surface area contributed by atoms with Crippen LogP contribution in [0.4, 0.5) is 5.69 Å². The predicted molar refractivity (Wildman–Crippen MR) is 109 cm³/mol. The lowest BCUT2D eigenvalue weighted by atomic mass is 10.2. The number of hydrogen-bond acceptors (Lipinski definition) is 5. The zero-order valence-corrected chi connectivity index (χ0v) is 16.2. The molecule has 2 aromatic carbocycles. The number of fused-ring (bicyclic) bond motifs is 1. The Balaban J connectivity index is 1.86. The number of ether oxygens (including phenoxy) is 1. The van der Waals surface area contributed by atoms with Crippen LogP contribution in [0.1, 0.15) is 13.8 Å². The number of methoxy groups -OCH3 is 1. The van der Waals surface area contributed by atoms with E-state index in [0.717, 1.165) is 0 Å². The van der Waals surface area contributed by atoms with E-state index in [2.05, 4.69) is 10.3 Å². The largest absolute Gasteiger partial charge is 0.495 e. The first-order valence-electron chi connectivity index (χ1n) is 8.65. The average molecular weight is 383 g/mol. The molecule has 1 heterocycles. The number of hydrogen-bond donors (Lipinski definition) is 1. The van der Waals surface area contributed by atoms with Crippen LogP contribution in [0.2, 0.25) is 0 Å². The second-order valence-electron chi connectivity index (χ2n) is 5.91. The molecule has 0 saturated heterocycles. The molecular formula is C20H21N3O3S. The lowest BCUT2D eigenvalue weighted by molar-refractivity contribution is -0.115. The Hall–Kier alpha value is -2.80. The number of nitrogens with one attached hydrogen (secondary N) is 1. The number of para-hydroxylation sites is 3. The van der Waals surface area contributed by atoms with E-state index in [-0.39, 0.29) is 11.5 Å². The van der Waals surface area contributed by atoms with Crippen LogP contribution in [0.3, 0.4) is 0 Å². The van der Waals surface area contributed by atoms with E-state index >= 15 is 0 Å². The molecule has 1 N–H and O–H groups in total. The van der Waals surface area contributed by atoms with Crippen LogP contribution >= 0.6 is 11.8 Å². The van der Waals surface area contributed by atoms with Gasteiger partial charge in [0.05, 0.1) is 29.0 Å². The number of rotatable bonds is 6. The molecule has 1 amide bonds. The van der Waals surface area contributed by atoms with Crippen molar-refractivity contribution in [1.29, 1.82) is 0 Å². The molecule has 1 aromatic heterocycles. The van der Waals surface area contributed by atoms with Crippen molar-refractivity contribution in [2.45, 2.75) is 30.8 Å². The highest BCUT2D eigenvalue weighted by Crippen LogP contribution is 2.26. The standard InChI is InChI=1S/C20H21N3O3S/c1-4-23-19(25)14-9-5-6-10-15(14)22-20(23)27-13(2)18(24)21-16-11-7-8-12-17(16)26-3/h5-13H,4H2,1-3H3,(H,21,24). The maximum absolute atomic E-state index is 12.7. The molecule has 3 aromatic rings. The third-order valence-electron chi connectivity index (χ3n) is 4.16. The third-order valence-corrected chi connectivity index (χ3v) is 5.25. The van der Waals surface area contributed by atoms with Gasteiger partial charge in [0.2, 0.25) is 5.91 Å². The van der Waals surface area contributed by atoms with E-state index in [1.807, 2.05) is 31.2 Å². The van der Waals surface area contributed by atoms with E-state index in [9.17, 15) is 9.59 Å². The first-order valence-corrected chi connectivity index (χ1v) is 9.53. The van der Waals surface area contributed by atoms with Gasteiger partial charge >= 0.3 is 0 Å². The fraction of sp³-hybridized carbons (Fsp3) is 0.250.